The predicted molar refractivity (Wildman–Crippen MR) is 75.8 cm³/mol. The van der Waals surface area contributed by atoms with Crippen LogP contribution in [0.5, 0.6) is 5.75 Å². The number of hydrogen-bond donors (Lipinski definition) is 2. The Bertz CT molecular complexity index is 497. The number of hydrazine groups is 1. The molecule has 0 bridgehead atoms. The lowest BCUT2D eigenvalue weighted by Gasteiger charge is -2.17. The van der Waals surface area contributed by atoms with Crippen LogP contribution in [0, 0.1) is 6.92 Å². The molecule has 1 unspecified atom stereocenters. The third-order valence-electron chi connectivity index (χ3n) is 3.04. The zero-order valence-corrected chi connectivity index (χ0v) is 11.5. The first-order valence-electron chi connectivity index (χ1n) is 5.86. The van der Waals surface area contributed by atoms with E-state index in [2.05, 4.69) is 34.4 Å². The molecule has 0 saturated heterocycles. The van der Waals surface area contributed by atoms with E-state index >= 15 is 0 Å². The summed E-state index contributed by atoms with van der Waals surface area (Å²) in [5.41, 5.74) is 6.50. The van der Waals surface area contributed by atoms with Crippen molar-refractivity contribution < 1.29 is 4.74 Å². The first-order valence-corrected chi connectivity index (χ1v) is 6.80. The molecule has 18 heavy (non-hydrogen) atoms. The fraction of sp³-hybridized carbons (Fsp3) is 0.286. The van der Waals surface area contributed by atoms with Crippen molar-refractivity contribution in [1.29, 1.82) is 0 Å². The number of benzene rings is 1. The maximum atomic E-state index is 5.66. The van der Waals surface area contributed by atoms with Crippen LogP contribution in [-0.2, 0) is 6.42 Å². The largest absolute Gasteiger partial charge is 0.496 e. The molecule has 0 aliphatic carbocycles. The molecule has 96 valence electrons. The van der Waals surface area contributed by atoms with Crippen LogP contribution in [0.4, 0.5) is 0 Å². The summed E-state index contributed by atoms with van der Waals surface area (Å²) in [7, 11) is 1.69. The standard InChI is InChI=1S/C14H18N2OS/c1-10-7-12(3-4-14(10)17-2)13(16-15)8-11-5-6-18-9-11/h3-7,9,13,16H,8,15H2,1-2H3. The quantitative estimate of drug-likeness (QED) is 0.643. The molecular formula is C14H18N2OS. The van der Waals surface area contributed by atoms with Crippen LogP contribution in [0.1, 0.15) is 22.7 Å². The average molecular weight is 262 g/mol. The van der Waals surface area contributed by atoms with Gasteiger partial charge in [0.1, 0.15) is 5.75 Å². The van der Waals surface area contributed by atoms with Gasteiger partial charge >= 0.3 is 0 Å². The van der Waals surface area contributed by atoms with Gasteiger partial charge in [-0.2, -0.15) is 11.3 Å². The molecule has 0 fully saturated rings. The molecule has 1 heterocycles. The second kappa shape index (κ2) is 6.00. The molecule has 2 rings (SSSR count). The highest BCUT2D eigenvalue weighted by Gasteiger charge is 2.12. The molecule has 0 aliphatic rings. The number of hydrogen-bond acceptors (Lipinski definition) is 4. The van der Waals surface area contributed by atoms with Crippen molar-refractivity contribution in [2.75, 3.05) is 7.11 Å². The summed E-state index contributed by atoms with van der Waals surface area (Å²) in [5.74, 6) is 6.57. The van der Waals surface area contributed by atoms with Crippen LogP contribution >= 0.6 is 11.3 Å². The number of thiophene rings is 1. The number of nitrogens with two attached hydrogens (primary N) is 1. The Kier molecular flexibility index (Phi) is 4.36. The maximum absolute atomic E-state index is 5.66. The minimum Gasteiger partial charge on any atom is -0.496 e. The third-order valence-corrected chi connectivity index (χ3v) is 3.77. The van der Waals surface area contributed by atoms with E-state index in [0.717, 1.165) is 17.7 Å². The molecule has 1 aromatic carbocycles. The van der Waals surface area contributed by atoms with E-state index in [9.17, 15) is 0 Å². The molecule has 0 saturated carbocycles. The first kappa shape index (κ1) is 13.1. The smallest absolute Gasteiger partial charge is 0.121 e. The van der Waals surface area contributed by atoms with Gasteiger partial charge in [0.15, 0.2) is 0 Å². The third kappa shape index (κ3) is 2.90. The molecule has 0 radical (unpaired) electrons. The van der Waals surface area contributed by atoms with Crippen LogP contribution in [0.25, 0.3) is 0 Å². The van der Waals surface area contributed by atoms with Gasteiger partial charge in [0.05, 0.1) is 13.2 Å². The summed E-state index contributed by atoms with van der Waals surface area (Å²) in [6, 6.07) is 8.43. The summed E-state index contributed by atoms with van der Waals surface area (Å²) in [5, 5.41) is 4.24. The van der Waals surface area contributed by atoms with Crippen molar-refractivity contribution >= 4 is 11.3 Å². The lowest BCUT2D eigenvalue weighted by Crippen LogP contribution is -2.29. The molecule has 0 amide bonds. The highest BCUT2D eigenvalue weighted by molar-refractivity contribution is 7.07. The minimum atomic E-state index is 0.129. The van der Waals surface area contributed by atoms with Crippen molar-refractivity contribution in [2.24, 2.45) is 5.84 Å². The number of aryl methyl sites for hydroxylation is 1. The zero-order valence-electron chi connectivity index (χ0n) is 10.6. The minimum absolute atomic E-state index is 0.129. The van der Waals surface area contributed by atoms with Gasteiger partial charge in [-0.1, -0.05) is 12.1 Å². The summed E-state index contributed by atoms with van der Waals surface area (Å²) < 4.78 is 5.27. The number of ether oxygens (including phenoxy) is 1. The highest BCUT2D eigenvalue weighted by Crippen LogP contribution is 2.24. The van der Waals surface area contributed by atoms with Gasteiger partial charge in [-0.15, -0.1) is 0 Å². The number of nitrogens with one attached hydrogen (secondary N) is 1. The molecule has 0 aliphatic heterocycles. The van der Waals surface area contributed by atoms with E-state index in [1.165, 1.54) is 11.1 Å². The lowest BCUT2D eigenvalue weighted by atomic mass is 9.99. The zero-order chi connectivity index (χ0) is 13.0. The van der Waals surface area contributed by atoms with E-state index in [1.807, 2.05) is 13.0 Å². The molecule has 0 spiro atoms. The van der Waals surface area contributed by atoms with Crippen LogP contribution < -0.4 is 16.0 Å². The summed E-state index contributed by atoms with van der Waals surface area (Å²) in [6.07, 6.45) is 0.895. The van der Waals surface area contributed by atoms with E-state index in [4.69, 9.17) is 10.6 Å². The van der Waals surface area contributed by atoms with Crippen molar-refractivity contribution in [2.45, 2.75) is 19.4 Å². The second-order valence-electron chi connectivity index (χ2n) is 4.28. The Morgan fingerprint density at radius 3 is 2.78 bits per heavy atom. The Balaban J connectivity index is 2.19. The highest BCUT2D eigenvalue weighted by atomic mass is 32.1. The van der Waals surface area contributed by atoms with Gasteiger partial charge in [0, 0.05) is 0 Å². The molecule has 3 N–H and O–H groups in total. The molecule has 3 nitrogen and oxygen atoms in total. The van der Waals surface area contributed by atoms with Crippen LogP contribution in [-0.4, -0.2) is 7.11 Å². The lowest BCUT2D eigenvalue weighted by molar-refractivity contribution is 0.411. The summed E-state index contributed by atoms with van der Waals surface area (Å²) in [4.78, 5) is 0. The van der Waals surface area contributed by atoms with Crippen molar-refractivity contribution in [3.63, 3.8) is 0 Å². The van der Waals surface area contributed by atoms with Crippen molar-refractivity contribution in [3.05, 3.63) is 51.7 Å². The van der Waals surface area contributed by atoms with E-state index in [0.29, 0.717) is 0 Å². The second-order valence-corrected chi connectivity index (χ2v) is 5.06. The van der Waals surface area contributed by atoms with E-state index < -0.39 is 0 Å². The molecular weight excluding hydrogens is 244 g/mol. The molecule has 1 aromatic heterocycles. The fourth-order valence-electron chi connectivity index (χ4n) is 2.04. The average Bonchev–Trinajstić information content (AvgIpc) is 2.88. The summed E-state index contributed by atoms with van der Waals surface area (Å²) >= 11 is 1.71. The summed E-state index contributed by atoms with van der Waals surface area (Å²) in [6.45, 7) is 2.04. The Morgan fingerprint density at radius 1 is 1.39 bits per heavy atom. The van der Waals surface area contributed by atoms with Crippen LogP contribution in [0.3, 0.4) is 0 Å². The Hall–Kier alpha value is -1.36. The number of rotatable bonds is 5. The van der Waals surface area contributed by atoms with Crippen LogP contribution in [0.15, 0.2) is 35.0 Å². The van der Waals surface area contributed by atoms with Gasteiger partial charge < -0.3 is 4.74 Å². The van der Waals surface area contributed by atoms with Gasteiger partial charge in [0.2, 0.25) is 0 Å². The van der Waals surface area contributed by atoms with Gasteiger partial charge in [-0.3, -0.25) is 11.3 Å². The van der Waals surface area contributed by atoms with Gasteiger partial charge in [-0.25, -0.2) is 0 Å². The topological polar surface area (TPSA) is 47.3 Å². The fourth-order valence-corrected chi connectivity index (χ4v) is 2.72. The van der Waals surface area contributed by atoms with E-state index in [-0.39, 0.29) is 6.04 Å². The first-order chi connectivity index (χ1) is 8.74. The van der Waals surface area contributed by atoms with Crippen molar-refractivity contribution in [3.8, 4) is 5.75 Å². The van der Waals surface area contributed by atoms with Gasteiger partial charge in [-0.05, 0) is 52.9 Å². The predicted octanol–water partition coefficient (Wildman–Crippen LogP) is 2.81. The maximum Gasteiger partial charge on any atom is 0.121 e. The van der Waals surface area contributed by atoms with Gasteiger partial charge in [0.25, 0.3) is 0 Å². The molecule has 2 aromatic rings. The molecule has 4 heteroatoms. The Labute approximate surface area is 112 Å². The normalized spacial score (nSPS) is 12.4. The molecule has 1 atom stereocenters. The number of methoxy groups -OCH3 is 1. The van der Waals surface area contributed by atoms with E-state index in [1.54, 1.807) is 18.4 Å². The Morgan fingerprint density at radius 2 is 2.22 bits per heavy atom. The van der Waals surface area contributed by atoms with Crippen molar-refractivity contribution in [1.82, 2.24) is 5.43 Å². The monoisotopic (exact) mass is 262 g/mol. The van der Waals surface area contributed by atoms with Crippen LogP contribution in [0.2, 0.25) is 0 Å². The SMILES string of the molecule is COc1ccc(C(Cc2ccsc2)NN)cc1C.